The second-order valence-corrected chi connectivity index (χ2v) is 6.78. The van der Waals surface area contributed by atoms with Gasteiger partial charge in [0.05, 0.1) is 0 Å². The van der Waals surface area contributed by atoms with Gasteiger partial charge in [-0.2, -0.15) is 0 Å². The van der Waals surface area contributed by atoms with Crippen molar-refractivity contribution in [2.45, 2.75) is 32.9 Å². The summed E-state index contributed by atoms with van der Waals surface area (Å²) in [5, 5.41) is 2.95. The van der Waals surface area contributed by atoms with E-state index in [0.29, 0.717) is 13.2 Å². The molecular formula is C18H27N3O3. The molecule has 1 N–H and O–H groups in total. The standard InChI is InChI=1S/C18H27N3O3/c1-14(2)19-18(22)5-6-20-7-9-21(10-8-20)12-15-3-4-16-17(11-15)24-13-23-16/h3-4,11,14H,5-10,12-13H2,1-2H3,(H,19,22). The van der Waals surface area contributed by atoms with Gasteiger partial charge in [-0.15, -0.1) is 0 Å². The van der Waals surface area contributed by atoms with E-state index in [2.05, 4.69) is 27.2 Å². The van der Waals surface area contributed by atoms with E-state index in [1.807, 2.05) is 19.9 Å². The van der Waals surface area contributed by atoms with Crippen LogP contribution in [0.3, 0.4) is 0 Å². The molecule has 1 saturated heterocycles. The van der Waals surface area contributed by atoms with Crippen LogP contribution in [0.4, 0.5) is 0 Å². The van der Waals surface area contributed by atoms with Gasteiger partial charge >= 0.3 is 0 Å². The number of hydrogen-bond donors (Lipinski definition) is 1. The van der Waals surface area contributed by atoms with Crippen LogP contribution in [-0.2, 0) is 11.3 Å². The van der Waals surface area contributed by atoms with Gasteiger partial charge in [-0.1, -0.05) is 6.07 Å². The summed E-state index contributed by atoms with van der Waals surface area (Å²) in [6.07, 6.45) is 0.584. The van der Waals surface area contributed by atoms with Crippen LogP contribution in [-0.4, -0.2) is 61.3 Å². The number of carbonyl (C=O) groups excluding carboxylic acids is 1. The molecule has 2 heterocycles. The number of nitrogens with one attached hydrogen (secondary N) is 1. The number of fused-ring (bicyclic) bond motifs is 1. The molecule has 1 aromatic rings. The highest BCUT2D eigenvalue weighted by molar-refractivity contribution is 5.76. The molecule has 0 radical (unpaired) electrons. The molecule has 0 atom stereocenters. The van der Waals surface area contributed by atoms with Crippen molar-refractivity contribution >= 4 is 5.91 Å². The first-order chi connectivity index (χ1) is 11.6. The lowest BCUT2D eigenvalue weighted by Gasteiger charge is -2.34. The maximum atomic E-state index is 11.7. The normalized spacial score (nSPS) is 18.1. The molecule has 0 aliphatic carbocycles. The second kappa shape index (κ2) is 7.85. The van der Waals surface area contributed by atoms with E-state index in [1.54, 1.807) is 0 Å². The fraction of sp³-hybridized carbons (Fsp3) is 0.611. The van der Waals surface area contributed by atoms with Gasteiger partial charge < -0.3 is 19.7 Å². The lowest BCUT2D eigenvalue weighted by molar-refractivity contribution is -0.122. The zero-order valence-electron chi connectivity index (χ0n) is 14.6. The molecule has 2 aliphatic rings. The summed E-state index contributed by atoms with van der Waals surface area (Å²) in [6.45, 7) is 10.2. The number of ether oxygens (including phenoxy) is 2. The van der Waals surface area contributed by atoms with Crippen LogP contribution in [0.25, 0.3) is 0 Å². The fourth-order valence-electron chi connectivity index (χ4n) is 3.12. The average Bonchev–Trinajstić information content (AvgIpc) is 3.01. The smallest absolute Gasteiger partial charge is 0.231 e. The van der Waals surface area contributed by atoms with Crippen LogP contribution < -0.4 is 14.8 Å². The molecule has 0 bridgehead atoms. The number of amides is 1. The first-order valence-corrected chi connectivity index (χ1v) is 8.73. The van der Waals surface area contributed by atoms with Crippen molar-refractivity contribution in [1.29, 1.82) is 0 Å². The lowest BCUT2D eigenvalue weighted by atomic mass is 10.1. The van der Waals surface area contributed by atoms with E-state index in [0.717, 1.165) is 50.8 Å². The summed E-state index contributed by atoms with van der Waals surface area (Å²) >= 11 is 0. The predicted molar refractivity (Wildman–Crippen MR) is 92.2 cm³/mol. The van der Waals surface area contributed by atoms with Crippen LogP contribution in [0.2, 0.25) is 0 Å². The van der Waals surface area contributed by atoms with E-state index >= 15 is 0 Å². The van der Waals surface area contributed by atoms with Gasteiger partial charge in [0.15, 0.2) is 11.5 Å². The maximum absolute atomic E-state index is 11.7. The Morgan fingerprint density at radius 1 is 1.12 bits per heavy atom. The second-order valence-electron chi connectivity index (χ2n) is 6.78. The molecule has 0 spiro atoms. The van der Waals surface area contributed by atoms with Crippen molar-refractivity contribution in [2.24, 2.45) is 0 Å². The molecule has 6 heteroatoms. The van der Waals surface area contributed by atoms with Crippen LogP contribution >= 0.6 is 0 Å². The number of hydrogen-bond acceptors (Lipinski definition) is 5. The molecule has 1 fully saturated rings. The highest BCUT2D eigenvalue weighted by Gasteiger charge is 2.19. The van der Waals surface area contributed by atoms with Crippen LogP contribution in [0.1, 0.15) is 25.8 Å². The molecule has 0 aromatic heterocycles. The summed E-state index contributed by atoms with van der Waals surface area (Å²) in [6, 6.07) is 6.39. The van der Waals surface area contributed by atoms with Crippen LogP contribution in [0, 0.1) is 0 Å². The van der Waals surface area contributed by atoms with Gasteiger partial charge in [0.25, 0.3) is 0 Å². The minimum Gasteiger partial charge on any atom is -0.454 e. The molecule has 2 aliphatic heterocycles. The molecule has 24 heavy (non-hydrogen) atoms. The third-order valence-corrected chi connectivity index (χ3v) is 4.41. The predicted octanol–water partition coefficient (Wildman–Crippen LogP) is 1.45. The van der Waals surface area contributed by atoms with Crippen molar-refractivity contribution in [3.8, 4) is 11.5 Å². The molecule has 1 aromatic carbocycles. The van der Waals surface area contributed by atoms with Gasteiger partial charge in [0, 0.05) is 51.7 Å². The molecular weight excluding hydrogens is 306 g/mol. The third-order valence-electron chi connectivity index (χ3n) is 4.41. The maximum Gasteiger partial charge on any atom is 0.231 e. The minimum absolute atomic E-state index is 0.146. The van der Waals surface area contributed by atoms with Gasteiger partial charge in [-0.05, 0) is 31.5 Å². The summed E-state index contributed by atoms with van der Waals surface area (Å²) < 4.78 is 10.8. The topological polar surface area (TPSA) is 54.0 Å². The van der Waals surface area contributed by atoms with Crippen molar-refractivity contribution in [3.05, 3.63) is 23.8 Å². The molecule has 1 amide bonds. The SMILES string of the molecule is CC(C)NC(=O)CCN1CCN(Cc2ccc3c(c2)OCO3)CC1. The Hall–Kier alpha value is -1.79. The highest BCUT2D eigenvalue weighted by Crippen LogP contribution is 2.32. The minimum atomic E-state index is 0.146. The van der Waals surface area contributed by atoms with E-state index < -0.39 is 0 Å². The van der Waals surface area contributed by atoms with E-state index in [1.165, 1.54) is 5.56 Å². The van der Waals surface area contributed by atoms with E-state index in [4.69, 9.17) is 9.47 Å². The third kappa shape index (κ3) is 4.61. The van der Waals surface area contributed by atoms with Gasteiger partial charge in [-0.3, -0.25) is 9.69 Å². The number of piperazine rings is 1. The number of benzene rings is 1. The highest BCUT2D eigenvalue weighted by atomic mass is 16.7. The van der Waals surface area contributed by atoms with E-state index in [9.17, 15) is 4.79 Å². The molecule has 0 unspecified atom stereocenters. The number of rotatable bonds is 6. The van der Waals surface area contributed by atoms with Crippen LogP contribution in [0.15, 0.2) is 18.2 Å². The summed E-state index contributed by atoms with van der Waals surface area (Å²) in [4.78, 5) is 16.5. The lowest BCUT2D eigenvalue weighted by Crippen LogP contribution is -2.46. The Morgan fingerprint density at radius 2 is 1.83 bits per heavy atom. The zero-order valence-corrected chi connectivity index (χ0v) is 14.6. The van der Waals surface area contributed by atoms with Crippen molar-refractivity contribution in [1.82, 2.24) is 15.1 Å². The van der Waals surface area contributed by atoms with Crippen molar-refractivity contribution < 1.29 is 14.3 Å². The Balaban J connectivity index is 1.40. The van der Waals surface area contributed by atoms with Crippen LogP contribution in [0.5, 0.6) is 11.5 Å². The Bertz CT molecular complexity index is 569. The van der Waals surface area contributed by atoms with Gasteiger partial charge in [0.2, 0.25) is 12.7 Å². The largest absolute Gasteiger partial charge is 0.454 e. The summed E-state index contributed by atoms with van der Waals surface area (Å²) in [5.74, 6) is 1.83. The van der Waals surface area contributed by atoms with Crippen molar-refractivity contribution in [3.63, 3.8) is 0 Å². The zero-order chi connectivity index (χ0) is 16.9. The summed E-state index contributed by atoms with van der Waals surface area (Å²) in [7, 11) is 0. The number of carbonyl (C=O) groups is 1. The van der Waals surface area contributed by atoms with E-state index in [-0.39, 0.29) is 11.9 Å². The summed E-state index contributed by atoms with van der Waals surface area (Å²) in [5.41, 5.74) is 1.25. The van der Waals surface area contributed by atoms with Gasteiger partial charge in [0.1, 0.15) is 0 Å². The Labute approximate surface area is 143 Å². The number of nitrogens with zero attached hydrogens (tertiary/aromatic N) is 2. The quantitative estimate of drug-likeness (QED) is 0.854. The first-order valence-electron chi connectivity index (χ1n) is 8.73. The monoisotopic (exact) mass is 333 g/mol. The molecule has 132 valence electrons. The first kappa shape index (κ1) is 17.0. The molecule has 6 nitrogen and oxygen atoms in total. The average molecular weight is 333 g/mol. The molecule has 0 saturated carbocycles. The molecule has 3 rings (SSSR count). The fourth-order valence-corrected chi connectivity index (χ4v) is 3.12. The van der Waals surface area contributed by atoms with Gasteiger partial charge in [-0.25, -0.2) is 0 Å². The Morgan fingerprint density at radius 3 is 2.58 bits per heavy atom. The van der Waals surface area contributed by atoms with Crippen molar-refractivity contribution in [2.75, 3.05) is 39.5 Å². The Kier molecular flexibility index (Phi) is 5.58.